The van der Waals surface area contributed by atoms with Gasteiger partial charge in [-0.05, 0) is 82.2 Å². The Hall–Kier alpha value is -1.96. The van der Waals surface area contributed by atoms with Gasteiger partial charge in [-0.3, -0.25) is 4.79 Å². The van der Waals surface area contributed by atoms with Crippen LogP contribution in [-0.2, 0) is 11.3 Å². The van der Waals surface area contributed by atoms with Crippen molar-refractivity contribution >= 4 is 28.2 Å². The minimum absolute atomic E-state index is 0.0483. The molecule has 1 aliphatic rings. The zero-order chi connectivity index (χ0) is 23.1. The van der Waals surface area contributed by atoms with Gasteiger partial charge in [-0.1, -0.05) is 26.0 Å². The zero-order valence-electron chi connectivity index (χ0n) is 20.0. The summed E-state index contributed by atoms with van der Waals surface area (Å²) in [6, 6.07) is 6.18. The lowest BCUT2D eigenvalue weighted by Gasteiger charge is -2.28. The number of aromatic nitrogens is 1. The van der Waals surface area contributed by atoms with Crippen molar-refractivity contribution < 1.29 is 4.74 Å². The van der Waals surface area contributed by atoms with E-state index < -0.39 is 0 Å². The second kappa shape index (κ2) is 11.8. The van der Waals surface area contributed by atoms with Gasteiger partial charge < -0.3 is 24.8 Å². The molecule has 3 rings (SSSR count). The minimum Gasteiger partial charge on any atom is -0.376 e. The molecule has 1 fully saturated rings. The number of nitrogens with zero attached hydrogens (tertiary/aromatic N) is 2. The summed E-state index contributed by atoms with van der Waals surface area (Å²) in [4.78, 5) is 20.5. The Kier molecular flexibility index (Phi) is 9.08. The monoisotopic (exact) mass is 458 g/mol. The molecule has 176 valence electrons. The van der Waals surface area contributed by atoms with Gasteiger partial charge in [0.1, 0.15) is 0 Å². The molecule has 32 heavy (non-hydrogen) atoms. The van der Waals surface area contributed by atoms with Gasteiger partial charge in [0, 0.05) is 30.6 Å². The van der Waals surface area contributed by atoms with Crippen molar-refractivity contribution in [2.45, 2.75) is 59.6 Å². The van der Waals surface area contributed by atoms with Crippen LogP contribution in [0.2, 0.25) is 0 Å². The number of rotatable bonds is 10. The maximum absolute atomic E-state index is 12.9. The Morgan fingerprint density at radius 3 is 2.69 bits per heavy atom. The molecule has 1 aliphatic heterocycles. The number of H-pyrrole nitrogens is 1. The van der Waals surface area contributed by atoms with Crippen molar-refractivity contribution in [2.75, 3.05) is 39.3 Å². The first-order valence-electron chi connectivity index (χ1n) is 11.9. The number of hydrogen-bond acceptors (Lipinski definition) is 4. The highest BCUT2D eigenvalue weighted by Gasteiger charge is 2.22. The van der Waals surface area contributed by atoms with Crippen molar-refractivity contribution in [3.8, 4) is 0 Å². The number of fused-ring (bicyclic) bond motifs is 1. The molecule has 0 saturated carbocycles. The van der Waals surface area contributed by atoms with Gasteiger partial charge in [0.05, 0.1) is 18.2 Å². The van der Waals surface area contributed by atoms with Crippen molar-refractivity contribution in [1.29, 1.82) is 0 Å². The average molecular weight is 459 g/mol. The van der Waals surface area contributed by atoms with E-state index in [4.69, 9.17) is 17.0 Å². The molecule has 6 nitrogen and oxygen atoms in total. The van der Waals surface area contributed by atoms with Crippen molar-refractivity contribution in [2.24, 2.45) is 0 Å². The number of hydrogen-bond donors (Lipinski definition) is 2. The number of aryl methyl sites for hydroxylation is 2. The third-order valence-electron chi connectivity index (χ3n) is 6.44. The Bertz CT molecular complexity index is 964. The summed E-state index contributed by atoms with van der Waals surface area (Å²) in [5, 5.41) is 5.21. The lowest BCUT2D eigenvalue weighted by atomic mass is 10.0. The molecule has 1 aromatic heterocycles. The minimum atomic E-state index is -0.0483. The molecule has 1 saturated heterocycles. The molecule has 2 N–H and O–H groups in total. The predicted octanol–water partition coefficient (Wildman–Crippen LogP) is 3.73. The largest absolute Gasteiger partial charge is 0.376 e. The number of ether oxygens (including phenoxy) is 1. The lowest BCUT2D eigenvalue weighted by Crippen LogP contribution is -2.44. The SMILES string of the molecule is CCN(CC)CCCNC(=S)N(Cc1cc2c(C)ccc(C)c2[nH]c1=O)C[C@@H]1CCCO1. The second-order valence-electron chi connectivity index (χ2n) is 8.74. The molecule has 0 amide bonds. The highest BCUT2D eigenvalue weighted by Crippen LogP contribution is 2.21. The third-order valence-corrected chi connectivity index (χ3v) is 6.84. The maximum Gasteiger partial charge on any atom is 0.253 e. The second-order valence-corrected chi connectivity index (χ2v) is 9.13. The third kappa shape index (κ3) is 6.30. The van der Waals surface area contributed by atoms with Gasteiger partial charge in [0.15, 0.2) is 5.11 Å². The summed E-state index contributed by atoms with van der Waals surface area (Å²) in [7, 11) is 0. The van der Waals surface area contributed by atoms with E-state index in [1.54, 1.807) is 0 Å². The number of nitrogens with one attached hydrogen (secondary N) is 2. The lowest BCUT2D eigenvalue weighted by molar-refractivity contribution is 0.0896. The van der Waals surface area contributed by atoms with E-state index in [0.29, 0.717) is 18.2 Å². The Labute approximate surface area is 197 Å². The number of benzene rings is 1. The van der Waals surface area contributed by atoms with Crippen LogP contribution < -0.4 is 10.9 Å². The van der Waals surface area contributed by atoms with Crippen LogP contribution in [0.15, 0.2) is 23.0 Å². The summed E-state index contributed by atoms with van der Waals surface area (Å²) < 4.78 is 5.87. The Balaban J connectivity index is 1.74. The number of pyridine rings is 1. The van der Waals surface area contributed by atoms with E-state index >= 15 is 0 Å². The van der Waals surface area contributed by atoms with Gasteiger partial charge in [-0.25, -0.2) is 0 Å². The van der Waals surface area contributed by atoms with Crippen molar-refractivity contribution in [3.05, 3.63) is 45.2 Å². The van der Waals surface area contributed by atoms with E-state index in [1.165, 1.54) is 0 Å². The number of thiocarbonyl (C=S) groups is 1. The Morgan fingerprint density at radius 2 is 2.00 bits per heavy atom. The van der Waals surface area contributed by atoms with Gasteiger partial charge in [-0.2, -0.15) is 0 Å². The standard InChI is InChI=1S/C25H38N4O2S/c1-5-28(6-2)13-8-12-26-25(32)29(17-21-9-7-14-31-21)16-20-15-22-18(3)10-11-19(4)23(22)27-24(20)30/h10-11,15,21H,5-9,12-14,16-17H2,1-4H3,(H,26,32)(H,27,30)/t21-/m0/s1. The summed E-state index contributed by atoms with van der Waals surface area (Å²) in [5.41, 5.74) is 3.84. The maximum atomic E-state index is 12.9. The van der Waals surface area contributed by atoms with E-state index in [0.717, 1.165) is 79.6 Å². The summed E-state index contributed by atoms with van der Waals surface area (Å²) >= 11 is 5.76. The van der Waals surface area contributed by atoms with Gasteiger partial charge in [-0.15, -0.1) is 0 Å². The summed E-state index contributed by atoms with van der Waals surface area (Å²) in [6.45, 7) is 14.5. The van der Waals surface area contributed by atoms with E-state index in [-0.39, 0.29) is 11.7 Å². The van der Waals surface area contributed by atoms with Crippen LogP contribution in [0.5, 0.6) is 0 Å². The number of aromatic amines is 1. The highest BCUT2D eigenvalue weighted by molar-refractivity contribution is 7.80. The quantitative estimate of drug-likeness (QED) is 0.418. The average Bonchev–Trinajstić information content (AvgIpc) is 3.30. The first kappa shape index (κ1) is 24.7. The molecule has 7 heteroatoms. The zero-order valence-corrected chi connectivity index (χ0v) is 20.8. The first-order valence-corrected chi connectivity index (χ1v) is 12.3. The molecular weight excluding hydrogens is 420 g/mol. The van der Waals surface area contributed by atoms with Crippen LogP contribution in [-0.4, -0.2) is 65.3 Å². The van der Waals surface area contributed by atoms with Crippen LogP contribution in [0.3, 0.4) is 0 Å². The first-order chi connectivity index (χ1) is 15.4. The molecule has 0 aliphatic carbocycles. The van der Waals surface area contributed by atoms with Gasteiger partial charge in [0.2, 0.25) is 0 Å². The topological polar surface area (TPSA) is 60.6 Å². The predicted molar refractivity (Wildman–Crippen MR) is 136 cm³/mol. The summed E-state index contributed by atoms with van der Waals surface area (Å²) in [5.74, 6) is 0. The fourth-order valence-electron chi connectivity index (χ4n) is 4.34. The molecule has 2 heterocycles. The normalized spacial score (nSPS) is 16.1. The molecule has 0 spiro atoms. The molecule has 1 atom stereocenters. The van der Waals surface area contributed by atoms with Crippen LogP contribution >= 0.6 is 12.2 Å². The molecule has 0 unspecified atom stereocenters. The molecule has 1 aromatic carbocycles. The fraction of sp³-hybridized carbons (Fsp3) is 0.600. The fourth-order valence-corrected chi connectivity index (χ4v) is 4.59. The van der Waals surface area contributed by atoms with Crippen LogP contribution in [0, 0.1) is 13.8 Å². The molecular formula is C25H38N4O2S. The van der Waals surface area contributed by atoms with E-state index in [9.17, 15) is 4.79 Å². The van der Waals surface area contributed by atoms with Crippen LogP contribution in [0.1, 0.15) is 49.8 Å². The smallest absolute Gasteiger partial charge is 0.253 e. The Morgan fingerprint density at radius 1 is 1.25 bits per heavy atom. The van der Waals surface area contributed by atoms with E-state index in [2.05, 4.69) is 46.9 Å². The van der Waals surface area contributed by atoms with Crippen molar-refractivity contribution in [3.63, 3.8) is 0 Å². The van der Waals surface area contributed by atoms with Crippen molar-refractivity contribution in [1.82, 2.24) is 20.1 Å². The van der Waals surface area contributed by atoms with E-state index in [1.807, 2.05) is 19.1 Å². The van der Waals surface area contributed by atoms with Crippen LogP contribution in [0.4, 0.5) is 0 Å². The van der Waals surface area contributed by atoms with Crippen LogP contribution in [0.25, 0.3) is 10.9 Å². The van der Waals surface area contributed by atoms with Gasteiger partial charge in [0.25, 0.3) is 5.56 Å². The highest BCUT2D eigenvalue weighted by atomic mass is 32.1. The molecule has 0 bridgehead atoms. The van der Waals surface area contributed by atoms with Gasteiger partial charge >= 0.3 is 0 Å². The molecule has 2 aromatic rings. The molecule has 0 radical (unpaired) electrons. The summed E-state index contributed by atoms with van der Waals surface area (Å²) in [6.07, 6.45) is 3.31.